The number of aromatic nitrogens is 4. The minimum Gasteiger partial charge on any atom is -0.489 e. The lowest BCUT2D eigenvalue weighted by Gasteiger charge is -2.56. The quantitative estimate of drug-likeness (QED) is 0.337. The summed E-state index contributed by atoms with van der Waals surface area (Å²) < 4.78 is 36.4. The molecule has 0 aromatic carbocycles. The van der Waals surface area contributed by atoms with Crippen LogP contribution in [0.5, 0.6) is 11.6 Å². The lowest BCUT2D eigenvalue weighted by atomic mass is 9.87. The van der Waals surface area contributed by atoms with E-state index in [1.54, 1.807) is 36.1 Å². The van der Waals surface area contributed by atoms with Gasteiger partial charge in [0.1, 0.15) is 24.2 Å². The van der Waals surface area contributed by atoms with Gasteiger partial charge in [-0.05, 0) is 37.1 Å². The molecule has 3 aliphatic rings. The molecule has 1 N–H and O–H groups in total. The van der Waals surface area contributed by atoms with Crippen LogP contribution in [0, 0.1) is 11.3 Å². The molecule has 3 saturated heterocycles. The van der Waals surface area contributed by atoms with Crippen molar-refractivity contribution in [1.82, 2.24) is 24.5 Å². The van der Waals surface area contributed by atoms with Crippen molar-refractivity contribution in [3.8, 4) is 28.8 Å². The normalized spacial score (nSPS) is 19.4. The molecule has 3 unspecified atom stereocenters. The van der Waals surface area contributed by atoms with E-state index in [0.29, 0.717) is 35.5 Å². The number of ether oxygens (including phenoxy) is 2. The molecule has 7 rings (SSSR count). The number of piperidine rings is 1. The molecule has 0 saturated carbocycles. The third-order valence-corrected chi connectivity index (χ3v) is 7.30. The molecule has 0 radical (unpaired) electrons. The van der Waals surface area contributed by atoms with Gasteiger partial charge in [0, 0.05) is 61.3 Å². The van der Waals surface area contributed by atoms with Crippen LogP contribution in [0.25, 0.3) is 16.6 Å². The predicted octanol–water partition coefficient (Wildman–Crippen LogP) is 3.49. The highest BCUT2D eigenvalue weighted by molar-refractivity contribution is 5.85. The highest BCUT2D eigenvalue weighted by Crippen LogP contribution is 2.36. The first-order chi connectivity index (χ1) is 19.4. The van der Waals surface area contributed by atoms with E-state index in [4.69, 9.17) is 9.72 Å². The molecular weight excluding hydrogens is 520 g/mol. The molecule has 4 aromatic heterocycles. The summed E-state index contributed by atoms with van der Waals surface area (Å²) in [6, 6.07) is 12.0. The van der Waals surface area contributed by atoms with Crippen molar-refractivity contribution < 1.29 is 23.4 Å². The average molecular weight is 548 g/mol. The first kappa shape index (κ1) is 25.9. The van der Waals surface area contributed by atoms with Crippen LogP contribution >= 0.6 is 0 Å². The van der Waals surface area contributed by atoms with Gasteiger partial charge in [-0.15, -0.1) is 0 Å². The van der Waals surface area contributed by atoms with Crippen LogP contribution in [0.3, 0.4) is 0 Å². The number of hydrogen-bond acceptors (Lipinski definition) is 9. The molecule has 0 amide bonds. The molecule has 4 aromatic rings. The molecule has 3 atom stereocenters. The van der Waals surface area contributed by atoms with Gasteiger partial charge in [0.25, 0.3) is 0 Å². The number of halogens is 2. The summed E-state index contributed by atoms with van der Waals surface area (Å²) in [6.07, 6.45) is 7.07. The highest BCUT2D eigenvalue weighted by Gasteiger charge is 2.44. The summed E-state index contributed by atoms with van der Waals surface area (Å²) >= 11 is 0. The number of aliphatic hydroxyl groups excluding tert-OH is 1. The Morgan fingerprint density at radius 1 is 1.12 bits per heavy atom. The molecule has 7 heterocycles. The van der Waals surface area contributed by atoms with Crippen LogP contribution in [0.2, 0.25) is 0 Å². The number of anilines is 1. The van der Waals surface area contributed by atoms with Crippen LogP contribution in [0.1, 0.15) is 24.5 Å². The van der Waals surface area contributed by atoms with Gasteiger partial charge in [0.15, 0.2) is 0 Å². The van der Waals surface area contributed by atoms with E-state index in [9.17, 15) is 19.1 Å². The van der Waals surface area contributed by atoms with E-state index in [-0.39, 0.29) is 12.5 Å². The van der Waals surface area contributed by atoms with E-state index >= 15 is 0 Å². The van der Waals surface area contributed by atoms with E-state index in [1.807, 2.05) is 18.2 Å². The molecular formula is C28H27F2N7O3. The van der Waals surface area contributed by atoms with Gasteiger partial charge >= 0.3 is 6.61 Å². The summed E-state index contributed by atoms with van der Waals surface area (Å²) in [5, 5.41) is 23.5. The van der Waals surface area contributed by atoms with Gasteiger partial charge in [-0.2, -0.15) is 19.1 Å². The lowest BCUT2D eigenvalue weighted by Crippen LogP contribution is -2.68. The molecule has 40 heavy (non-hydrogen) atoms. The number of piperazine rings is 1. The molecule has 0 spiro atoms. The Labute approximate surface area is 229 Å². The number of fused-ring (bicyclic) bond motifs is 3. The van der Waals surface area contributed by atoms with Crippen molar-refractivity contribution in [2.24, 2.45) is 0 Å². The van der Waals surface area contributed by atoms with E-state index in [1.165, 1.54) is 12.3 Å². The summed E-state index contributed by atoms with van der Waals surface area (Å²) in [4.78, 5) is 13.4. The predicted molar refractivity (Wildman–Crippen MR) is 141 cm³/mol. The number of rotatable bonds is 9. The zero-order chi connectivity index (χ0) is 27.8. The van der Waals surface area contributed by atoms with Gasteiger partial charge in [0.05, 0.1) is 29.6 Å². The van der Waals surface area contributed by atoms with Crippen molar-refractivity contribution in [2.45, 2.75) is 44.7 Å². The highest BCUT2D eigenvalue weighted by atomic mass is 19.3. The van der Waals surface area contributed by atoms with E-state index in [2.05, 4.69) is 30.7 Å². The zero-order valence-corrected chi connectivity index (χ0v) is 21.7. The minimum absolute atomic E-state index is 0.0833. The number of alkyl halides is 2. The van der Waals surface area contributed by atoms with Gasteiger partial charge in [-0.3, -0.25) is 4.90 Å². The fourth-order valence-corrected chi connectivity index (χ4v) is 5.44. The first-order valence-electron chi connectivity index (χ1n) is 13.0. The summed E-state index contributed by atoms with van der Waals surface area (Å²) in [5.41, 5.74) is 3.66. The number of nitrogens with zero attached hydrogens (tertiary/aromatic N) is 7. The maximum absolute atomic E-state index is 12.4. The second-order valence-corrected chi connectivity index (χ2v) is 10.1. The Bertz CT molecular complexity index is 1520. The van der Waals surface area contributed by atoms with Crippen molar-refractivity contribution in [3.05, 3.63) is 66.2 Å². The van der Waals surface area contributed by atoms with Gasteiger partial charge in [-0.25, -0.2) is 14.5 Å². The van der Waals surface area contributed by atoms with Crippen LogP contribution in [0.4, 0.5) is 14.6 Å². The maximum atomic E-state index is 12.4. The van der Waals surface area contributed by atoms with Gasteiger partial charge in [-0.1, -0.05) is 6.07 Å². The lowest BCUT2D eigenvalue weighted by molar-refractivity contribution is -0.0529. The topological polar surface area (TPSA) is 112 Å². The average Bonchev–Trinajstić information content (AvgIpc) is 3.38. The van der Waals surface area contributed by atoms with Crippen LogP contribution < -0.4 is 14.4 Å². The monoisotopic (exact) mass is 547 g/mol. The Morgan fingerprint density at radius 3 is 2.60 bits per heavy atom. The molecule has 0 aliphatic carbocycles. The molecule has 12 heteroatoms. The van der Waals surface area contributed by atoms with Crippen LogP contribution in [-0.4, -0.2) is 74.1 Å². The SMILES string of the molecule is CC(O)COc1cc(-c2ccc(N3CC4CC(C3)N4Cc3ccc(OC(F)F)nc3)nc2)c2c(C#N)cnn2c1. The van der Waals surface area contributed by atoms with Crippen LogP contribution in [0.15, 0.2) is 55.1 Å². The first-order valence-corrected chi connectivity index (χ1v) is 13.0. The van der Waals surface area contributed by atoms with Crippen molar-refractivity contribution in [2.75, 3.05) is 24.6 Å². The Balaban J connectivity index is 1.16. The van der Waals surface area contributed by atoms with E-state index < -0.39 is 12.7 Å². The molecule has 3 fully saturated rings. The maximum Gasteiger partial charge on any atom is 0.388 e. The van der Waals surface area contributed by atoms with E-state index in [0.717, 1.165) is 42.0 Å². The fourth-order valence-electron chi connectivity index (χ4n) is 5.44. The number of aliphatic hydroxyl groups is 1. The Hall–Kier alpha value is -4.34. The molecule has 206 valence electrons. The summed E-state index contributed by atoms with van der Waals surface area (Å²) in [5.74, 6) is 1.32. The fraction of sp³-hybridized carbons (Fsp3) is 0.357. The Morgan fingerprint density at radius 2 is 1.95 bits per heavy atom. The summed E-state index contributed by atoms with van der Waals surface area (Å²) in [7, 11) is 0. The van der Waals surface area contributed by atoms with Gasteiger partial charge < -0.3 is 19.5 Å². The number of pyridine rings is 3. The Kier molecular flexibility index (Phi) is 6.91. The largest absolute Gasteiger partial charge is 0.489 e. The molecule has 2 bridgehead atoms. The third kappa shape index (κ3) is 5.13. The van der Waals surface area contributed by atoms with Crippen molar-refractivity contribution >= 4 is 11.3 Å². The van der Waals surface area contributed by atoms with Crippen LogP contribution in [-0.2, 0) is 6.54 Å². The molecule has 3 aliphatic heterocycles. The van der Waals surface area contributed by atoms with Crippen molar-refractivity contribution in [3.63, 3.8) is 0 Å². The number of hydrogen-bond donors (Lipinski definition) is 1. The van der Waals surface area contributed by atoms with Crippen molar-refractivity contribution in [1.29, 1.82) is 5.26 Å². The van der Waals surface area contributed by atoms with Gasteiger partial charge in [0.2, 0.25) is 5.88 Å². The smallest absolute Gasteiger partial charge is 0.388 e. The number of nitriles is 1. The third-order valence-electron chi connectivity index (χ3n) is 7.30. The second-order valence-electron chi connectivity index (χ2n) is 10.1. The summed E-state index contributed by atoms with van der Waals surface area (Å²) in [6.45, 7) is 1.26. The zero-order valence-electron chi connectivity index (χ0n) is 21.7. The molecule has 10 nitrogen and oxygen atoms in total. The standard InChI is InChI=1S/C28H27F2N7O3/c1-17(38)16-39-23-7-24(27-20(8-31)11-34-37(27)15-23)19-3-4-25(32-10-19)35-13-21-6-22(14-35)36(21)12-18-2-5-26(33-9-18)40-28(29)30/h2-5,7,9-11,15,17,21-22,28,38H,6,12-14,16H2,1H3. The minimum atomic E-state index is -2.89. The second kappa shape index (κ2) is 10.7.